The van der Waals surface area contributed by atoms with Gasteiger partial charge in [0.15, 0.2) is 0 Å². The molecule has 0 aromatic heterocycles. The molecule has 0 atom stereocenters. The molecule has 2 rings (SSSR count). The topological polar surface area (TPSA) is 30.8 Å². The average Bonchev–Trinajstić information content (AvgIpc) is 2.45. The van der Waals surface area contributed by atoms with Gasteiger partial charge in [-0.25, -0.2) is 0 Å². The third-order valence-electron chi connectivity index (χ3n) is 2.41. The molecule has 3 heteroatoms. The maximum atomic E-state index is 5.68. The number of rotatable bonds is 4. The lowest BCUT2D eigenvalue weighted by Gasteiger charge is -2.08. The molecule has 18 heavy (non-hydrogen) atoms. The van der Waals surface area contributed by atoms with Crippen molar-refractivity contribution >= 4 is 5.90 Å². The van der Waals surface area contributed by atoms with Gasteiger partial charge in [0.05, 0.1) is 0 Å². The predicted octanol–water partition coefficient (Wildman–Crippen LogP) is 3.21. The van der Waals surface area contributed by atoms with Gasteiger partial charge in [0, 0.05) is 5.56 Å². The molecule has 3 nitrogen and oxygen atoms in total. The van der Waals surface area contributed by atoms with E-state index in [2.05, 4.69) is 5.16 Å². The fraction of sp³-hybridized carbons (Fsp3) is 0.133. The quantitative estimate of drug-likeness (QED) is 0.467. The van der Waals surface area contributed by atoms with Gasteiger partial charge in [-0.05, 0) is 22.9 Å². The Balaban J connectivity index is 2.07. The van der Waals surface area contributed by atoms with Gasteiger partial charge in [-0.15, -0.1) is 0 Å². The second-order valence-corrected chi connectivity index (χ2v) is 3.72. The zero-order valence-electron chi connectivity index (χ0n) is 10.2. The van der Waals surface area contributed by atoms with Crippen molar-refractivity contribution < 1.29 is 9.57 Å². The lowest BCUT2D eigenvalue weighted by molar-refractivity contribution is 0.188. The summed E-state index contributed by atoms with van der Waals surface area (Å²) >= 11 is 0. The average molecular weight is 241 g/mol. The van der Waals surface area contributed by atoms with E-state index in [9.17, 15) is 0 Å². The van der Waals surface area contributed by atoms with E-state index in [1.807, 2.05) is 60.7 Å². The van der Waals surface area contributed by atoms with Crippen molar-refractivity contribution in [2.75, 3.05) is 7.11 Å². The molecule has 92 valence electrons. The summed E-state index contributed by atoms with van der Waals surface area (Å²) in [6.07, 6.45) is 0. The fourth-order valence-corrected chi connectivity index (χ4v) is 1.55. The van der Waals surface area contributed by atoms with Crippen LogP contribution >= 0.6 is 0 Å². The van der Waals surface area contributed by atoms with Crippen molar-refractivity contribution in [2.24, 2.45) is 5.16 Å². The van der Waals surface area contributed by atoms with Crippen LogP contribution in [-0.4, -0.2) is 13.0 Å². The zero-order chi connectivity index (χ0) is 12.6. The van der Waals surface area contributed by atoms with E-state index in [-0.39, 0.29) is 0 Å². The molecule has 0 saturated heterocycles. The second kappa shape index (κ2) is 6.45. The molecule has 0 heterocycles. The van der Waals surface area contributed by atoms with Crippen LogP contribution in [0.1, 0.15) is 11.1 Å². The molecule has 0 aliphatic carbocycles. The number of oxime groups is 1. The second-order valence-electron chi connectivity index (χ2n) is 3.72. The van der Waals surface area contributed by atoms with Crippen molar-refractivity contribution in [1.82, 2.24) is 0 Å². The van der Waals surface area contributed by atoms with E-state index in [1.54, 1.807) is 0 Å². The first-order chi connectivity index (χ1) is 8.90. The molecule has 0 fully saturated rings. The summed E-state index contributed by atoms with van der Waals surface area (Å²) in [5.41, 5.74) is 1.99. The van der Waals surface area contributed by atoms with E-state index in [4.69, 9.17) is 9.57 Å². The highest BCUT2D eigenvalue weighted by molar-refractivity contribution is 5.93. The van der Waals surface area contributed by atoms with Crippen LogP contribution in [0.4, 0.5) is 0 Å². The summed E-state index contributed by atoms with van der Waals surface area (Å²) in [7, 11) is 1.51. The van der Waals surface area contributed by atoms with Gasteiger partial charge < -0.3 is 9.57 Å². The maximum absolute atomic E-state index is 5.68. The Labute approximate surface area is 107 Å². The molecule has 2 aromatic rings. The molecule has 0 bridgehead atoms. The molecule has 0 aliphatic heterocycles. The highest BCUT2D eigenvalue weighted by atomic mass is 16.6. The largest absolute Gasteiger partial charge is 0.470 e. The monoisotopic (exact) mass is 241 g/mol. The summed E-state index contributed by atoms with van der Waals surface area (Å²) < 4.78 is 5.68. The van der Waals surface area contributed by atoms with Crippen molar-refractivity contribution in [3.05, 3.63) is 71.8 Å². The minimum atomic E-state index is 0.470. The molecule has 0 unspecified atom stereocenters. The van der Waals surface area contributed by atoms with E-state index in [0.717, 1.165) is 11.1 Å². The minimum Gasteiger partial charge on any atom is -0.470 e. The molecule has 0 saturated carbocycles. The third kappa shape index (κ3) is 3.35. The molecular formula is C15H15NO2. The van der Waals surface area contributed by atoms with Gasteiger partial charge in [-0.2, -0.15) is 0 Å². The summed E-state index contributed by atoms with van der Waals surface area (Å²) in [5, 5.41) is 3.90. The van der Waals surface area contributed by atoms with Crippen LogP contribution in [0.2, 0.25) is 0 Å². The van der Waals surface area contributed by atoms with Gasteiger partial charge >= 0.3 is 0 Å². The number of hydrogen-bond acceptors (Lipinski definition) is 3. The first-order valence-electron chi connectivity index (χ1n) is 5.73. The minimum absolute atomic E-state index is 0.470. The highest BCUT2D eigenvalue weighted by Gasteiger charge is 2.05. The SMILES string of the molecule is CO/N=C(/OCc1ccccc1)c1ccccc1. The molecular weight excluding hydrogens is 226 g/mol. The smallest absolute Gasteiger partial charge is 0.257 e. The highest BCUT2D eigenvalue weighted by Crippen LogP contribution is 2.07. The molecule has 0 spiro atoms. The number of hydrogen-bond donors (Lipinski definition) is 0. The van der Waals surface area contributed by atoms with Crippen LogP contribution in [0.3, 0.4) is 0 Å². The number of benzene rings is 2. The van der Waals surface area contributed by atoms with Gasteiger partial charge in [-0.1, -0.05) is 48.5 Å². The Morgan fingerprint density at radius 3 is 2.17 bits per heavy atom. The maximum Gasteiger partial charge on any atom is 0.257 e. The van der Waals surface area contributed by atoms with Crippen LogP contribution < -0.4 is 0 Å². The summed E-state index contributed by atoms with van der Waals surface area (Å²) in [6, 6.07) is 19.6. The Bertz CT molecular complexity index is 494. The lowest BCUT2D eigenvalue weighted by Crippen LogP contribution is -2.07. The Kier molecular flexibility index (Phi) is 4.36. The molecule has 0 radical (unpaired) electrons. The van der Waals surface area contributed by atoms with Gasteiger partial charge in [0.2, 0.25) is 0 Å². The Hall–Kier alpha value is -2.29. The van der Waals surface area contributed by atoms with E-state index < -0.39 is 0 Å². The molecule has 2 aromatic carbocycles. The standard InChI is InChI=1S/C15H15NO2/c1-17-16-15(14-10-6-3-7-11-14)18-12-13-8-4-2-5-9-13/h2-11H,12H2,1H3/b16-15+. The Morgan fingerprint density at radius 2 is 1.56 bits per heavy atom. The van der Waals surface area contributed by atoms with Crippen molar-refractivity contribution in [2.45, 2.75) is 6.61 Å². The summed E-state index contributed by atoms with van der Waals surface area (Å²) in [6.45, 7) is 0.470. The molecule has 0 aliphatic rings. The summed E-state index contributed by atoms with van der Waals surface area (Å²) in [4.78, 5) is 4.81. The number of ether oxygens (including phenoxy) is 1. The van der Waals surface area contributed by atoms with Gasteiger partial charge in [-0.3, -0.25) is 0 Å². The third-order valence-corrected chi connectivity index (χ3v) is 2.41. The van der Waals surface area contributed by atoms with Crippen LogP contribution in [0.25, 0.3) is 0 Å². The fourth-order valence-electron chi connectivity index (χ4n) is 1.55. The van der Waals surface area contributed by atoms with E-state index in [1.165, 1.54) is 7.11 Å². The normalized spacial score (nSPS) is 11.1. The molecule has 0 amide bonds. The first-order valence-corrected chi connectivity index (χ1v) is 5.73. The zero-order valence-corrected chi connectivity index (χ0v) is 10.2. The van der Waals surface area contributed by atoms with Crippen molar-refractivity contribution in [1.29, 1.82) is 0 Å². The van der Waals surface area contributed by atoms with Crippen LogP contribution in [-0.2, 0) is 16.2 Å². The van der Waals surface area contributed by atoms with Crippen molar-refractivity contribution in [3.63, 3.8) is 0 Å². The number of nitrogens with zero attached hydrogens (tertiary/aromatic N) is 1. The van der Waals surface area contributed by atoms with Gasteiger partial charge in [0.1, 0.15) is 13.7 Å². The lowest BCUT2D eigenvalue weighted by atomic mass is 10.2. The van der Waals surface area contributed by atoms with Crippen molar-refractivity contribution in [3.8, 4) is 0 Å². The summed E-state index contributed by atoms with van der Waals surface area (Å²) in [5.74, 6) is 0.488. The predicted molar refractivity (Wildman–Crippen MR) is 71.2 cm³/mol. The first kappa shape index (κ1) is 12.2. The molecule has 0 N–H and O–H groups in total. The van der Waals surface area contributed by atoms with Crippen LogP contribution in [0.15, 0.2) is 65.8 Å². The van der Waals surface area contributed by atoms with Crippen LogP contribution in [0.5, 0.6) is 0 Å². The van der Waals surface area contributed by atoms with E-state index >= 15 is 0 Å². The van der Waals surface area contributed by atoms with E-state index in [0.29, 0.717) is 12.5 Å². The van der Waals surface area contributed by atoms with Gasteiger partial charge in [0.25, 0.3) is 5.90 Å². The van der Waals surface area contributed by atoms with Crippen LogP contribution in [0, 0.1) is 0 Å². The Morgan fingerprint density at radius 1 is 0.944 bits per heavy atom.